The molecule has 7 aromatic carbocycles. The van der Waals surface area contributed by atoms with Crippen molar-refractivity contribution in [1.29, 1.82) is 0 Å². The SMILES string of the molecule is C1=c2sc3ccc(-c4cccc5c4oc4cc(-n6c7ccccc7c7ccccc76)ccc45)cc3c2=CC(C2N=C(c3ccccc3)NC(c3ccccc3)N2)C1. The highest BCUT2D eigenvalue weighted by Crippen LogP contribution is 2.39. The fraction of sp³-hybridized carbons (Fsp3) is 0.0784. The third-order valence-corrected chi connectivity index (χ3v) is 13.0. The summed E-state index contributed by atoms with van der Waals surface area (Å²) in [4.78, 5) is 5.29. The Balaban J connectivity index is 0.948. The minimum Gasteiger partial charge on any atom is -0.455 e. The molecular weight excluding hydrogens is 717 g/mol. The molecule has 0 spiro atoms. The lowest BCUT2D eigenvalue weighted by Gasteiger charge is -2.35. The molecular formula is C51H36N4OS. The molecule has 3 aromatic heterocycles. The number of rotatable bonds is 5. The maximum absolute atomic E-state index is 6.84. The van der Waals surface area contributed by atoms with Crippen molar-refractivity contribution >= 4 is 83.2 Å². The normalized spacial score (nSPS) is 18.0. The van der Waals surface area contributed by atoms with E-state index in [9.17, 15) is 0 Å². The Morgan fingerprint density at radius 3 is 2.18 bits per heavy atom. The molecule has 1 aliphatic carbocycles. The van der Waals surface area contributed by atoms with Gasteiger partial charge in [-0.05, 0) is 59.2 Å². The molecule has 10 aromatic rings. The summed E-state index contributed by atoms with van der Waals surface area (Å²) in [7, 11) is 0. The van der Waals surface area contributed by atoms with Crippen molar-refractivity contribution in [2.45, 2.75) is 18.8 Å². The van der Waals surface area contributed by atoms with Crippen LogP contribution in [0.5, 0.6) is 0 Å². The van der Waals surface area contributed by atoms with E-state index in [1.54, 1.807) is 0 Å². The first-order valence-corrected chi connectivity index (χ1v) is 20.4. The standard InChI is InChI=1S/C51H36N4OS/c1-3-12-31(13-4-1)49-52-50(32-14-5-2-6-15-32)54-51(53-49)34-23-27-47-42(29-34)41-28-33(22-26-46(41)57-47)36-18-11-19-40-39-25-24-35(30-45(39)56-48(36)40)55-43-20-9-7-16-37(43)38-17-8-10-21-44(38)55/h1-22,24-30,34,49,51,53H,23H2,(H,52,54). The molecule has 0 radical (unpaired) electrons. The van der Waals surface area contributed by atoms with Gasteiger partial charge in [0.15, 0.2) is 0 Å². The number of nitrogens with one attached hydrogen (secondary N) is 2. The Labute approximate surface area is 332 Å². The number of fused-ring (bicyclic) bond motifs is 9. The Morgan fingerprint density at radius 2 is 1.37 bits per heavy atom. The van der Waals surface area contributed by atoms with E-state index in [1.807, 2.05) is 11.3 Å². The van der Waals surface area contributed by atoms with Gasteiger partial charge in [-0.25, -0.2) is 4.99 Å². The van der Waals surface area contributed by atoms with E-state index in [0.29, 0.717) is 0 Å². The average molecular weight is 753 g/mol. The van der Waals surface area contributed by atoms with Crippen LogP contribution >= 0.6 is 11.3 Å². The fourth-order valence-electron chi connectivity index (χ4n) is 9.09. The molecule has 57 heavy (non-hydrogen) atoms. The summed E-state index contributed by atoms with van der Waals surface area (Å²) >= 11 is 1.88. The van der Waals surface area contributed by atoms with Gasteiger partial charge in [0.05, 0.1) is 11.0 Å². The minimum absolute atomic E-state index is 0.0492. The predicted molar refractivity (Wildman–Crippen MR) is 237 cm³/mol. The van der Waals surface area contributed by atoms with Crippen molar-refractivity contribution in [2.24, 2.45) is 10.9 Å². The molecule has 5 nitrogen and oxygen atoms in total. The van der Waals surface area contributed by atoms with Crippen LogP contribution in [0.25, 0.3) is 82.8 Å². The van der Waals surface area contributed by atoms with Gasteiger partial charge in [0.2, 0.25) is 0 Å². The number of nitrogens with zero attached hydrogens (tertiary/aromatic N) is 2. The average Bonchev–Trinajstić information content (AvgIpc) is 3.95. The minimum atomic E-state index is -0.0918. The first-order chi connectivity index (χ1) is 28.2. The largest absolute Gasteiger partial charge is 0.455 e. The van der Waals surface area contributed by atoms with Crippen LogP contribution in [0.3, 0.4) is 0 Å². The number of furan rings is 1. The Morgan fingerprint density at radius 1 is 0.632 bits per heavy atom. The number of amidine groups is 1. The third-order valence-electron chi connectivity index (χ3n) is 11.8. The third kappa shape index (κ3) is 5.29. The van der Waals surface area contributed by atoms with Crippen molar-refractivity contribution in [1.82, 2.24) is 15.2 Å². The van der Waals surface area contributed by atoms with Crippen LogP contribution in [0.15, 0.2) is 173 Å². The Hall–Kier alpha value is -6.73. The molecule has 272 valence electrons. The van der Waals surface area contributed by atoms with Gasteiger partial charge in [-0.1, -0.05) is 133 Å². The van der Waals surface area contributed by atoms with Crippen LogP contribution < -0.4 is 20.4 Å². The van der Waals surface area contributed by atoms with E-state index < -0.39 is 0 Å². The second-order valence-corrected chi connectivity index (χ2v) is 16.2. The molecule has 1 aliphatic heterocycles. The van der Waals surface area contributed by atoms with Crippen molar-refractivity contribution in [2.75, 3.05) is 0 Å². The van der Waals surface area contributed by atoms with Crippen LogP contribution in [0.1, 0.15) is 23.7 Å². The smallest absolute Gasteiger partial charge is 0.143 e. The van der Waals surface area contributed by atoms with Crippen molar-refractivity contribution < 1.29 is 4.42 Å². The molecule has 2 N–H and O–H groups in total. The number of thiophene rings is 1. The maximum Gasteiger partial charge on any atom is 0.143 e. The number of aliphatic imine (C=N–C) groups is 1. The first-order valence-electron chi connectivity index (χ1n) is 19.6. The molecule has 0 amide bonds. The maximum atomic E-state index is 6.84. The fourth-order valence-corrected chi connectivity index (χ4v) is 10.2. The van der Waals surface area contributed by atoms with Crippen LogP contribution in [0.2, 0.25) is 0 Å². The second-order valence-electron chi connectivity index (χ2n) is 15.1. The van der Waals surface area contributed by atoms with Crippen LogP contribution in [-0.2, 0) is 0 Å². The molecule has 12 rings (SSSR count). The lowest BCUT2D eigenvalue weighted by molar-refractivity contribution is 0.351. The lowest BCUT2D eigenvalue weighted by Crippen LogP contribution is -2.51. The summed E-state index contributed by atoms with van der Waals surface area (Å²) in [6.45, 7) is 0. The second kappa shape index (κ2) is 12.9. The van der Waals surface area contributed by atoms with E-state index in [2.05, 4.69) is 191 Å². The summed E-state index contributed by atoms with van der Waals surface area (Å²) in [5, 5.41) is 14.8. The summed E-state index contributed by atoms with van der Waals surface area (Å²) in [6, 6.07) is 58.4. The van der Waals surface area contributed by atoms with Gasteiger partial charge in [0.1, 0.15) is 29.3 Å². The van der Waals surface area contributed by atoms with Crippen LogP contribution in [-0.4, -0.2) is 16.6 Å². The first kappa shape index (κ1) is 32.5. The number of para-hydroxylation sites is 3. The molecule has 3 unspecified atom stereocenters. The quantitative estimate of drug-likeness (QED) is 0.184. The van der Waals surface area contributed by atoms with E-state index in [4.69, 9.17) is 9.41 Å². The van der Waals surface area contributed by atoms with Gasteiger partial charge in [0.25, 0.3) is 0 Å². The molecule has 4 heterocycles. The van der Waals surface area contributed by atoms with Gasteiger partial charge < -0.3 is 14.3 Å². The van der Waals surface area contributed by atoms with E-state index in [1.165, 1.54) is 47.2 Å². The zero-order valence-corrected chi connectivity index (χ0v) is 31.7. The van der Waals surface area contributed by atoms with Crippen molar-refractivity contribution in [3.8, 4) is 16.8 Å². The number of hydrogen-bond donors (Lipinski definition) is 2. The van der Waals surface area contributed by atoms with Gasteiger partial charge in [0, 0.05) is 65.0 Å². The summed E-state index contributed by atoms with van der Waals surface area (Å²) in [6.07, 6.45) is 5.66. The summed E-state index contributed by atoms with van der Waals surface area (Å²) < 4.78 is 11.8. The highest BCUT2D eigenvalue weighted by atomic mass is 32.1. The van der Waals surface area contributed by atoms with Gasteiger partial charge in [-0.15, -0.1) is 11.3 Å². The Kier molecular flexibility index (Phi) is 7.37. The summed E-state index contributed by atoms with van der Waals surface area (Å²) in [5.41, 5.74) is 9.81. The van der Waals surface area contributed by atoms with Crippen LogP contribution in [0.4, 0.5) is 0 Å². The molecule has 0 saturated heterocycles. The highest BCUT2D eigenvalue weighted by molar-refractivity contribution is 7.17. The van der Waals surface area contributed by atoms with Gasteiger partial charge in [-0.3, -0.25) is 5.32 Å². The lowest BCUT2D eigenvalue weighted by atomic mass is 9.94. The van der Waals surface area contributed by atoms with Crippen molar-refractivity contribution in [3.63, 3.8) is 0 Å². The number of aromatic nitrogens is 1. The van der Waals surface area contributed by atoms with E-state index >= 15 is 0 Å². The zero-order valence-electron chi connectivity index (χ0n) is 30.9. The number of benzene rings is 7. The zero-order chi connectivity index (χ0) is 37.5. The monoisotopic (exact) mass is 752 g/mol. The van der Waals surface area contributed by atoms with Crippen LogP contribution in [0, 0.1) is 5.92 Å². The molecule has 0 fully saturated rings. The number of hydrogen-bond acceptors (Lipinski definition) is 5. The van der Waals surface area contributed by atoms with Gasteiger partial charge in [-0.2, -0.15) is 0 Å². The highest BCUT2D eigenvalue weighted by Gasteiger charge is 2.29. The van der Waals surface area contributed by atoms with E-state index in [-0.39, 0.29) is 18.2 Å². The molecule has 0 saturated carbocycles. The van der Waals surface area contributed by atoms with E-state index in [0.717, 1.165) is 56.6 Å². The van der Waals surface area contributed by atoms with Crippen molar-refractivity contribution in [3.05, 3.63) is 185 Å². The summed E-state index contributed by atoms with van der Waals surface area (Å²) in [5.74, 6) is 1.11. The Bertz CT molecular complexity index is 3300. The van der Waals surface area contributed by atoms with Gasteiger partial charge >= 0.3 is 0 Å². The topological polar surface area (TPSA) is 54.5 Å². The molecule has 6 heteroatoms. The predicted octanol–water partition coefficient (Wildman–Crippen LogP) is 10.8. The molecule has 3 atom stereocenters. The molecule has 0 bridgehead atoms. The molecule has 2 aliphatic rings.